The molecule has 10 nitrogen and oxygen atoms in total. The monoisotopic (exact) mass is 757 g/mol. The second-order valence-electron chi connectivity index (χ2n) is 15.4. The van der Waals surface area contributed by atoms with Crippen LogP contribution in [0.3, 0.4) is 0 Å². The van der Waals surface area contributed by atoms with Crippen molar-refractivity contribution in [3.63, 3.8) is 0 Å². The number of carbonyl (C=O) groups is 4. The van der Waals surface area contributed by atoms with E-state index in [1.54, 1.807) is 13.8 Å². The van der Waals surface area contributed by atoms with Crippen LogP contribution in [0.5, 0.6) is 0 Å². The Hall–Kier alpha value is -1.34. The lowest BCUT2D eigenvalue weighted by molar-refractivity contribution is -0.167. The van der Waals surface area contributed by atoms with E-state index in [1.807, 2.05) is 0 Å². The molecule has 50 heavy (non-hydrogen) atoms. The molecule has 0 radical (unpaired) electrons. The maximum atomic E-state index is 12.2. The fraction of sp³-hybridized carbons (Fsp3) is 0.842. The maximum absolute atomic E-state index is 12.2. The van der Waals surface area contributed by atoms with Gasteiger partial charge in [0.1, 0.15) is 24.0 Å². The number of hydrogen-bond acceptors (Lipinski definition) is 10. The Morgan fingerprint density at radius 3 is 1.00 bits per heavy atom. The number of rotatable bonds is 26. The number of unbranched alkanes of at least 4 members (excludes halogenated alkanes) is 8. The molecule has 0 saturated heterocycles. The molecule has 0 bridgehead atoms. The summed E-state index contributed by atoms with van der Waals surface area (Å²) in [6.45, 7) is 21.3. The fourth-order valence-corrected chi connectivity index (χ4v) is 6.94. The highest BCUT2D eigenvalue weighted by atomic mass is 31.2. The second-order valence-corrected chi connectivity index (χ2v) is 25.4. The predicted molar refractivity (Wildman–Crippen MR) is 213 cm³/mol. The van der Waals surface area contributed by atoms with Gasteiger partial charge in [0.05, 0.1) is 38.8 Å². The van der Waals surface area contributed by atoms with E-state index in [4.69, 9.17) is 28.4 Å². The molecular weight excluding hydrogens is 678 g/mol. The van der Waals surface area contributed by atoms with Crippen molar-refractivity contribution in [1.82, 2.24) is 0 Å². The molecule has 0 aromatic rings. The summed E-state index contributed by atoms with van der Waals surface area (Å²) in [6, 6.07) is 0. The van der Waals surface area contributed by atoms with Gasteiger partial charge in [-0.1, -0.05) is 19.3 Å². The summed E-state index contributed by atoms with van der Waals surface area (Å²) < 4.78 is 30.8. The van der Waals surface area contributed by atoms with Gasteiger partial charge in [-0.05, 0) is 58.8 Å². The lowest BCUT2D eigenvalue weighted by atomic mass is 9.93. The van der Waals surface area contributed by atoms with Gasteiger partial charge in [-0.2, -0.15) is 0 Å². The molecule has 0 fully saturated rings. The zero-order valence-electron chi connectivity index (χ0n) is 34.7. The molecular formula is C38H78O10P2. The van der Waals surface area contributed by atoms with E-state index in [-0.39, 0.29) is 53.2 Å². The van der Waals surface area contributed by atoms with Crippen LogP contribution in [0.25, 0.3) is 0 Å². The van der Waals surface area contributed by atoms with Crippen molar-refractivity contribution >= 4 is 38.4 Å². The number of hydrogen-bond donors (Lipinski definition) is 0. The minimum atomic E-state index is -0.948. The molecule has 2 unspecified atom stereocenters. The molecule has 0 N–H and O–H groups in total. The molecule has 0 rings (SSSR count). The van der Waals surface area contributed by atoms with Gasteiger partial charge in [-0.15, -0.1) is 0 Å². The highest BCUT2D eigenvalue weighted by Gasteiger charge is 2.37. The Morgan fingerprint density at radius 1 is 0.460 bits per heavy atom. The van der Waals surface area contributed by atoms with Crippen molar-refractivity contribution in [1.29, 1.82) is 0 Å². The Labute approximate surface area is 309 Å². The summed E-state index contributed by atoms with van der Waals surface area (Å²) in [5, 5.41) is 0. The van der Waals surface area contributed by atoms with E-state index in [9.17, 15) is 19.2 Å². The summed E-state index contributed by atoms with van der Waals surface area (Å²) >= 11 is 0. The number of methoxy groups -OCH3 is 2. The molecule has 0 spiro atoms. The van der Waals surface area contributed by atoms with Gasteiger partial charge in [0.25, 0.3) is 0 Å². The third kappa shape index (κ3) is 32.6. The van der Waals surface area contributed by atoms with Crippen LogP contribution in [-0.2, 0) is 47.6 Å². The first kappa shape index (κ1) is 55.4. The van der Waals surface area contributed by atoms with E-state index < -0.39 is 37.3 Å². The minimum Gasteiger partial charge on any atom is -0.465 e. The first-order chi connectivity index (χ1) is 22.2. The van der Waals surface area contributed by atoms with Crippen LogP contribution in [0.15, 0.2) is 0 Å². The van der Waals surface area contributed by atoms with Crippen LogP contribution >= 0.6 is 14.5 Å². The molecule has 12 heteroatoms. The Morgan fingerprint density at radius 2 is 0.740 bits per heavy atom. The number of carbonyl (C=O) groups excluding carboxylic acids is 4. The van der Waals surface area contributed by atoms with Gasteiger partial charge >= 0.3 is 23.9 Å². The first-order valence-electron chi connectivity index (χ1n) is 17.4. The Kier molecular flexibility index (Phi) is 33.4. The molecule has 0 heterocycles. The van der Waals surface area contributed by atoms with E-state index in [1.165, 1.54) is 78.9 Å². The van der Waals surface area contributed by atoms with Crippen LogP contribution in [0.4, 0.5) is 0 Å². The topological polar surface area (TPSA) is 124 Å². The zero-order chi connectivity index (χ0) is 37.3. The molecule has 300 valence electrons. The molecule has 0 amide bonds. The second kappa shape index (κ2) is 30.2. The lowest BCUT2D eigenvalue weighted by Crippen LogP contribution is -2.39. The highest BCUT2D eigenvalue weighted by molar-refractivity contribution is 7.74. The van der Waals surface area contributed by atoms with Crippen LogP contribution < -0.4 is 0 Å². The van der Waals surface area contributed by atoms with Crippen LogP contribution in [0, 0.1) is 25.7 Å². The first-order valence-corrected chi connectivity index (χ1v) is 24.0. The van der Waals surface area contributed by atoms with Gasteiger partial charge < -0.3 is 43.3 Å². The average Bonchev–Trinajstić information content (AvgIpc) is 2.97. The summed E-state index contributed by atoms with van der Waals surface area (Å²) in [4.78, 5) is 46.3. The summed E-state index contributed by atoms with van der Waals surface area (Å²) in [5.41, 5.74) is -1.90. The molecule has 0 aliphatic carbocycles. The fourth-order valence-electron chi connectivity index (χ4n) is 4.59. The maximum Gasteiger partial charge on any atom is 0.317 e. The molecule has 0 aromatic carbocycles. The Balaban J connectivity index is -0.000000408. The van der Waals surface area contributed by atoms with Crippen molar-refractivity contribution < 1.29 is 47.6 Å². The SMILES string of the molecule is COCC(C)(COC(C)=O)C(=O)OCCCCCCCC[P+](C)(C)C.COCC(C)(COC(C)=O)C(=O)OCCCCCC[P+](C)(C)C.[CH3-].[CH3-]. The minimum absolute atomic E-state index is 0. The normalized spacial score (nSPS) is 13.5. The Bertz CT molecular complexity index is 901. The molecule has 0 aliphatic rings. The van der Waals surface area contributed by atoms with Crippen LogP contribution in [0.1, 0.15) is 91.9 Å². The summed E-state index contributed by atoms with van der Waals surface area (Å²) in [6.07, 6.45) is 14.1. The molecule has 0 saturated carbocycles. The standard InChI is InChI=1S/C19H38O5P.C17H34O5P.2CH3/c1-17(20)24-16-19(2,15-22-3)18(21)23-13-11-9-7-8-10-12-14-25(4,5)6;1-15(18)22-14-17(2,13-20-3)16(19)21-11-9-7-8-10-12-23(4,5)6;;/h7-16H2,1-6H3;7-14H2,1-6H3;2*1H3/q2*+1;2*-1. The van der Waals surface area contributed by atoms with Gasteiger partial charge in [0, 0.05) is 82.6 Å². The summed E-state index contributed by atoms with van der Waals surface area (Å²) in [5.74, 6) is -1.57. The highest BCUT2D eigenvalue weighted by Crippen LogP contribution is 2.47. The molecule has 0 aromatic heterocycles. The summed E-state index contributed by atoms with van der Waals surface area (Å²) in [7, 11) is 1.73. The van der Waals surface area contributed by atoms with E-state index in [2.05, 4.69) is 40.0 Å². The molecule has 0 aliphatic heterocycles. The third-order valence-electron chi connectivity index (χ3n) is 7.51. The van der Waals surface area contributed by atoms with Crippen molar-refractivity contribution in [2.24, 2.45) is 10.8 Å². The third-order valence-corrected chi connectivity index (χ3v) is 10.8. The van der Waals surface area contributed by atoms with Gasteiger partial charge in [-0.3, -0.25) is 19.2 Å². The van der Waals surface area contributed by atoms with Crippen molar-refractivity contribution in [3.8, 4) is 0 Å². The van der Waals surface area contributed by atoms with Crippen molar-refractivity contribution in [3.05, 3.63) is 14.9 Å². The van der Waals surface area contributed by atoms with Gasteiger partial charge in [0.2, 0.25) is 0 Å². The number of ether oxygens (including phenoxy) is 6. The quantitative estimate of drug-likeness (QED) is 0.0281. The van der Waals surface area contributed by atoms with E-state index in [0.717, 1.165) is 25.7 Å². The smallest absolute Gasteiger partial charge is 0.317 e. The van der Waals surface area contributed by atoms with Crippen LogP contribution in [-0.4, -0.2) is 130 Å². The zero-order valence-corrected chi connectivity index (χ0v) is 36.5. The van der Waals surface area contributed by atoms with E-state index >= 15 is 0 Å². The average molecular weight is 757 g/mol. The van der Waals surface area contributed by atoms with E-state index in [0.29, 0.717) is 13.2 Å². The number of esters is 4. The van der Waals surface area contributed by atoms with Crippen molar-refractivity contribution in [2.45, 2.75) is 91.9 Å². The molecule has 2 atom stereocenters. The lowest BCUT2D eigenvalue weighted by Gasteiger charge is -2.25. The van der Waals surface area contributed by atoms with Gasteiger partial charge in [-0.25, -0.2) is 0 Å². The largest absolute Gasteiger partial charge is 0.465 e. The van der Waals surface area contributed by atoms with Crippen LogP contribution in [0.2, 0.25) is 0 Å². The predicted octanol–water partition coefficient (Wildman–Crippen LogP) is 8.11. The van der Waals surface area contributed by atoms with Crippen molar-refractivity contribution in [2.75, 3.05) is 106 Å². The van der Waals surface area contributed by atoms with Gasteiger partial charge in [0.15, 0.2) is 0 Å².